The molecule has 0 spiro atoms. The Bertz CT molecular complexity index is 2430. The molecule has 214 valence electrons. The van der Waals surface area contributed by atoms with Gasteiger partial charge in [-0.2, -0.15) is 0 Å². The van der Waals surface area contributed by atoms with Gasteiger partial charge in [0.05, 0.1) is 17.1 Å². The van der Waals surface area contributed by atoms with Crippen molar-refractivity contribution in [1.82, 2.24) is 15.0 Å². The van der Waals surface area contributed by atoms with E-state index >= 15 is 0 Å². The fraction of sp³-hybridized carbons (Fsp3) is 0. The van der Waals surface area contributed by atoms with Gasteiger partial charge in [0.25, 0.3) is 0 Å². The Morgan fingerprint density at radius 2 is 0.717 bits per heavy atom. The summed E-state index contributed by atoms with van der Waals surface area (Å²) >= 11 is 0. The van der Waals surface area contributed by atoms with Gasteiger partial charge >= 0.3 is 0 Å². The quantitative estimate of drug-likeness (QED) is 0.189. The molecular weight excluding hydrogens is 558 g/mol. The molecule has 0 radical (unpaired) electrons. The summed E-state index contributed by atoms with van der Waals surface area (Å²) in [7, 11) is 0. The zero-order valence-corrected chi connectivity index (χ0v) is 24.9. The van der Waals surface area contributed by atoms with Crippen LogP contribution < -0.4 is 0 Å². The van der Waals surface area contributed by atoms with Gasteiger partial charge in [0.1, 0.15) is 0 Å². The molecule has 0 saturated carbocycles. The van der Waals surface area contributed by atoms with E-state index in [4.69, 9.17) is 0 Å². The Hall–Kier alpha value is -6.19. The fourth-order valence-electron chi connectivity index (χ4n) is 6.80. The number of hydrogen-bond donors (Lipinski definition) is 0. The lowest BCUT2D eigenvalue weighted by Crippen LogP contribution is -1.92. The van der Waals surface area contributed by atoms with Crippen molar-refractivity contribution in [1.29, 1.82) is 0 Å². The van der Waals surface area contributed by atoms with Gasteiger partial charge in [-0.1, -0.05) is 91.0 Å². The average Bonchev–Trinajstić information content (AvgIpc) is 3.14. The molecule has 0 bridgehead atoms. The van der Waals surface area contributed by atoms with Crippen LogP contribution in [0.2, 0.25) is 0 Å². The summed E-state index contributed by atoms with van der Waals surface area (Å²) in [5.41, 5.74) is 10.9. The molecule has 3 aromatic heterocycles. The number of benzene rings is 6. The van der Waals surface area contributed by atoms with Crippen LogP contribution in [0, 0.1) is 0 Å². The van der Waals surface area contributed by atoms with Crippen LogP contribution in [-0.4, -0.2) is 15.0 Å². The molecule has 0 unspecified atom stereocenters. The van der Waals surface area contributed by atoms with Crippen molar-refractivity contribution in [3.05, 3.63) is 164 Å². The van der Waals surface area contributed by atoms with Gasteiger partial charge in [-0.3, -0.25) is 15.0 Å². The molecule has 0 N–H and O–H groups in total. The molecule has 0 amide bonds. The van der Waals surface area contributed by atoms with E-state index in [1.165, 1.54) is 49.0 Å². The third kappa shape index (κ3) is 4.41. The molecule has 46 heavy (non-hydrogen) atoms. The molecule has 0 aliphatic carbocycles. The lowest BCUT2D eigenvalue weighted by molar-refractivity contribution is 1.31. The van der Waals surface area contributed by atoms with Gasteiger partial charge in [-0.15, -0.1) is 0 Å². The Balaban J connectivity index is 1.24. The lowest BCUT2D eigenvalue weighted by Gasteiger charge is -2.17. The summed E-state index contributed by atoms with van der Waals surface area (Å²) in [6.45, 7) is 0. The van der Waals surface area contributed by atoms with Crippen LogP contribution >= 0.6 is 0 Å². The van der Waals surface area contributed by atoms with Gasteiger partial charge < -0.3 is 0 Å². The van der Waals surface area contributed by atoms with Crippen LogP contribution in [0.25, 0.3) is 88.3 Å². The van der Waals surface area contributed by atoms with Crippen LogP contribution in [0.5, 0.6) is 0 Å². The van der Waals surface area contributed by atoms with Crippen LogP contribution in [0.1, 0.15) is 0 Å². The van der Waals surface area contributed by atoms with Gasteiger partial charge in [-0.25, -0.2) is 0 Å². The zero-order valence-electron chi connectivity index (χ0n) is 24.9. The minimum atomic E-state index is 0.943. The standard InChI is InChI=1S/C43H27N3/c1-4-22-44-39(7-1)29-12-10-28(11-13-29)35-18-16-30-14-15-31-17-19-36(38-21-20-37(35)42(30)43(31)38)32-25-33(40-8-2-5-23-45-40)27-34(26-32)41-9-3-6-24-46-41/h1-27H. The fourth-order valence-corrected chi connectivity index (χ4v) is 6.80. The van der Waals surface area contributed by atoms with Gasteiger partial charge in [0, 0.05) is 35.3 Å². The van der Waals surface area contributed by atoms with E-state index in [0.29, 0.717) is 0 Å². The lowest BCUT2D eigenvalue weighted by atomic mass is 9.86. The first-order chi connectivity index (χ1) is 22.8. The maximum atomic E-state index is 4.68. The first-order valence-electron chi connectivity index (χ1n) is 15.5. The normalized spacial score (nSPS) is 11.5. The zero-order chi connectivity index (χ0) is 30.5. The maximum absolute atomic E-state index is 4.68. The van der Waals surface area contributed by atoms with E-state index in [2.05, 4.69) is 118 Å². The van der Waals surface area contributed by atoms with Crippen LogP contribution in [0.4, 0.5) is 0 Å². The topological polar surface area (TPSA) is 38.7 Å². The second-order valence-electron chi connectivity index (χ2n) is 11.7. The molecule has 3 heterocycles. The molecule has 9 rings (SSSR count). The second kappa shape index (κ2) is 10.8. The maximum Gasteiger partial charge on any atom is 0.0702 e. The highest BCUT2D eigenvalue weighted by atomic mass is 14.7. The predicted octanol–water partition coefficient (Wildman–Crippen LogP) is 11.1. The van der Waals surface area contributed by atoms with Crippen molar-refractivity contribution in [2.24, 2.45) is 0 Å². The van der Waals surface area contributed by atoms with Crippen molar-refractivity contribution >= 4 is 32.3 Å². The monoisotopic (exact) mass is 585 g/mol. The highest BCUT2D eigenvalue weighted by Gasteiger charge is 2.16. The summed E-state index contributed by atoms with van der Waals surface area (Å²) in [4.78, 5) is 13.9. The van der Waals surface area contributed by atoms with Crippen molar-refractivity contribution < 1.29 is 0 Å². The molecule has 0 aliphatic rings. The van der Waals surface area contributed by atoms with Gasteiger partial charge in [0.2, 0.25) is 0 Å². The minimum Gasteiger partial charge on any atom is -0.256 e. The minimum absolute atomic E-state index is 0.943. The molecule has 3 nitrogen and oxygen atoms in total. The molecule has 3 heteroatoms. The van der Waals surface area contributed by atoms with E-state index in [1.807, 2.05) is 61.1 Å². The highest BCUT2D eigenvalue weighted by Crippen LogP contribution is 2.43. The first-order valence-corrected chi connectivity index (χ1v) is 15.5. The van der Waals surface area contributed by atoms with Gasteiger partial charge in [-0.05, 0) is 109 Å². The Labute approximate surface area is 266 Å². The number of pyridine rings is 3. The van der Waals surface area contributed by atoms with Gasteiger partial charge in [0.15, 0.2) is 0 Å². The molecular formula is C43H27N3. The summed E-state index contributed by atoms with van der Waals surface area (Å²) in [5.74, 6) is 0. The number of hydrogen-bond acceptors (Lipinski definition) is 3. The summed E-state index contributed by atoms with van der Waals surface area (Å²) in [6.07, 6.45) is 5.54. The predicted molar refractivity (Wildman–Crippen MR) is 191 cm³/mol. The SMILES string of the molecule is c1ccc(-c2ccc(-c3ccc4ccc5ccc(-c6cc(-c7ccccn7)cc(-c7ccccn7)c6)c6ccc3c4c56)cc2)nc1. The molecule has 0 saturated heterocycles. The highest BCUT2D eigenvalue weighted by molar-refractivity contribution is 6.27. The summed E-state index contributed by atoms with van der Waals surface area (Å²) < 4.78 is 0. The van der Waals surface area contributed by atoms with Crippen molar-refractivity contribution in [2.75, 3.05) is 0 Å². The molecule has 9 aromatic rings. The van der Waals surface area contributed by atoms with Crippen molar-refractivity contribution in [3.8, 4) is 56.0 Å². The number of aromatic nitrogens is 3. The van der Waals surface area contributed by atoms with E-state index < -0.39 is 0 Å². The van der Waals surface area contributed by atoms with E-state index in [-0.39, 0.29) is 0 Å². The van der Waals surface area contributed by atoms with Crippen LogP contribution in [0.3, 0.4) is 0 Å². The molecule has 0 aliphatic heterocycles. The van der Waals surface area contributed by atoms with Crippen molar-refractivity contribution in [3.63, 3.8) is 0 Å². The number of nitrogens with zero attached hydrogens (tertiary/aromatic N) is 3. The third-order valence-corrected chi connectivity index (χ3v) is 8.99. The Morgan fingerprint density at radius 3 is 1.20 bits per heavy atom. The van der Waals surface area contributed by atoms with Crippen LogP contribution in [-0.2, 0) is 0 Å². The van der Waals surface area contributed by atoms with Crippen LogP contribution in [0.15, 0.2) is 164 Å². The Kier molecular flexibility index (Phi) is 6.14. The summed E-state index contributed by atoms with van der Waals surface area (Å²) in [5, 5.41) is 7.58. The summed E-state index contributed by atoms with van der Waals surface area (Å²) in [6, 6.07) is 51.8. The number of rotatable bonds is 5. The van der Waals surface area contributed by atoms with Crippen molar-refractivity contribution in [2.45, 2.75) is 0 Å². The molecule has 6 aromatic carbocycles. The van der Waals surface area contributed by atoms with E-state index in [1.54, 1.807) is 0 Å². The van der Waals surface area contributed by atoms with E-state index in [0.717, 1.165) is 39.3 Å². The smallest absolute Gasteiger partial charge is 0.0702 e. The first kappa shape index (κ1) is 26.2. The van der Waals surface area contributed by atoms with E-state index in [9.17, 15) is 0 Å². The Morgan fingerprint density at radius 1 is 0.304 bits per heavy atom. The molecule has 0 atom stereocenters. The second-order valence-corrected chi connectivity index (χ2v) is 11.7. The average molecular weight is 586 g/mol. The largest absolute Gasteiger partial charge is 0.256 e. The molecule has 0 fully saturated rings. The third-order valence-electron chi connectivity index (χ3n) is 8.99.